The average molecular weight is 303 g/mol. The minimum atomic E-state index is -0.944. The number of nitrogens with two attached hydrogens (primary N) is 1. The summed E-state index contributed by atoms with van der Waals surface area (Å²) in [4.78, 5) is 28.2. The van der Waals surface area contributed by atoms with E-state index in [4.69, 9.17) is 10.8 Å². The molecule has 0 spiro atoms. The molecule has 1 heterocycles. The Labute approximate surface area is 126 Å². The molecule has 8 heteroatoms. The Bertz CT molecular complexity index is 696. The van der Waals surface area contributed by atoms with Crippen LogP contribution in [-0.2, 0) is 0 Å². The van der Waals surface area contributed by atoms with E-state index in [0.29, 0.717) is 18.9 Å². The third kappa shape index (κ3) is 4.51. The van der Waals surface area contributed by atoms with Gasteiger partial charge < -0.3 is 21.5 Å². The van der Waals surface area contributed by atoms with Crippen molar-refractivity contribution in [2.75, 3.05) is 29.5 Å². The lowest BCUT2D eigenvalue weighted by Gasteiger charge is -2.08. The molecule has 0 amide bonds. The normalized spacial score (nSPS) is 10.2. The third-order valence-corrected chi connectivity index (χ3v) is 2.88. The number of hydrogen-bond donors (Lipinski definition) is 5. The van der Waals surface area contributed by atoms with E-state index < -0.39 is 5.97 Å². The minimum Gasteiger partial charge on any atom is -0.478 e. The maximum Gasteiger partial charge on any atom is 0.335 e. The lowest BCUT2D eigenvalue weighted by atomic mass is 10.2. The van der Waals surface area contributed by atoms with E-state index in [2.05, 4.69) is 20.6 Å². The number of carboxylic acids is 1. The van der Waals surface area contributed by atoms with Gasteiger partial charge in [0.2, 0.25) is 5.95 Å². The van der Waals surface area contributed by atoms with Crippen LogP contribution in [0.5, 0.6) is 0 Å². The molecule has 0 radical (unpaired) electrons. The van der Waals surface area contributed by atoms with Crippen molar-refractivity contribution < 1.29 is 9.90 Å². The lowest BCUT2D eigenvalue weighted by Crippen LogP contribution is -2.15. The van der Waals surface area contributed by atoms with Crippen molar-refractivity contribution in [2.24, 2.45) is 0 Å². The second-order valence-corrected chi connectivity index (χ2v) is 4.61. The molecular formula is C14H17N5O3. The standard InChI is InChI=1S/C14H17N5O3/c15-14-18-11(8-12(20)19-14)17-7-1-6-16-10-4-2-9(3-5-10)13(21)22/h2-5,8,16H,1,6-7H2,(H,21,22)(H4,15,17,18,19,20). The summed E-state index contributed by atoms with van der Waals surface area (Å²) < 4.78 is 0. The fourth-order valence-corrected chi connectivity index (χ4v) is 1.84. The van der Waals surface area contributed by atoms with Crippen molar-refractivity contribution in [1.29, 1.82) is 0 Å². The van der Waals surface area contributed by atoms with Crippen molar-refractivity contribution in [3.8, 4) is 0 Å². The van der Waals surface area contributed by atoms with Gasteiger partial charge in [-0.2, -0.15) is 4.98 Å². The number of nitrogen functional groups attached to an aromatic ring is 1. The van der Waals surface area contributed by atoms with Gasteiger partial charge in [-0.1, -0.05) is 0 Å². The molecule has 22 heavy (non-hydrogen) atoms. The van der Waals surface area contributed by atoms with E-state index >= 15 is 0 Å². The molecule has 2 aromatic rings. The molecular weight excluding hydrogens is 286 g/mol. The Kier molecular flexibility index (Phi) is 4.97. The summed E-state index contributed by atoms with van der Waals surface area (Å²) in [5.74, 6) is -0.431. The molecule has 1 aromatic heterocycles. The summed E-state index contributed by atoms with van der Waals surface area (Å²) in [6, 6.07) is 7.87. The van der Waals surface area contributed by atoms with Crippen LogP contribution in [0.2, 0.25) is 0 Å². The molecule has 2 rings (SSSR count). The number of H-pyrrole nitrogens is 1. The van der Waals surface area contributed by atoms with Gasteiger partial charge in [-0.25, -0.2) is 4.79 Å². The molecule has 0 unspecified atom stereocenters. The highest BCUT2D eigenvalue weighted by molar-refractivity contribution is 5.87. The van der Waals surface area contributed by atoms with Crippen LogP contribution < -0.4 is 21.9 Å². The molecule has 0 atom stereocenters. The van der Waals surface area contributed by atoms with Crippen LogP contribution in [-0.4, -0.2) is 34.1 Å². The predicted octanol–water partition coefficient (Wildman–Crippen LogP) is 0.964. The lowest BCUT2D eigenvalue weighted by molar-refractivity contribution is 0.0697. The molecule has 0 saturated carbocycles. The zero-order valence-electron chi connectivity index (χ0n) is 11.8. The number of anilines is 3. The van der Waals surface area contributed by atoms with Gasteiger partial charge in [-0.15, -0.1) is 0 Å². The van der Waals surface area contributed by atoms with Gasteiger partial charge >= 0.3 is 5.97 Å². The van der Waals surface area contributed by atoms with E-state index in [1.165, 1.54) is 6.07 Å². The number of aromatic amines is 1. The maximum atomic E-state index is 11.2. The molecule has 0 bridgehead atoms. The Morgan fingerprint density at radius 2 is 1.91 bits per heavy atom. The number of benzene rings is 1. The Morgan fingerprint density at radius 1 is 1.23 bits per heavy atom. The highest BCUT2D eigenvalue weighted by Gasteiger charge is 2.01. The van der Waals surface area contributed by atoms with Gasteiger partial charge in [0.1, 0.15) is 5.82 Å². The number of nitrogens with zero attached hydrogens (tertiary/aromatic N) is 1. The largest absolute Gasteiger partial charge is 0.478 e. The molecule has 0 fully saturated rings. The number of aromatic nitrogens is 2. The number of rotatable bonds is 7. The Balaban J connectivity index is 1.73. The van der Waals surface area contributed by atoms with Crippen molar-refractivity contribution in [2.45, 2.75) is 6.42 Å². The van der Waals surface area contributed by atoms with Gasteiger partial charge in [0.05, 0.1) is 5.56 Å². The summed E-state index contributed by atoms with van der Waals surface area (Å²) in [5.41, 5.74) is 6.24. The number of carbonyl (C=O) groups is 1. The fourth-order valence-electron chi connectivity index (χ4n) is 1.84. The third-order valence-electron chi connectivity index (χ3n) is 2.88. The van der Waals surface area contributed by atoms with Gasteiger partial charge in [0.25, 0.3) is 5.56 Å². The van der Waals surface area contributed by atoms with Crippen molar-refractivity contribution >= 4 is 23.4 Å². The van der Waals surface area contributed by atoms with E-state index in [-0.39, 0.29) is 17.1 Å². The second-order valence-electron chi connectivity index (χ2n) is 4.61. The number of aromatic carboxylic acids is 1. The van der Waals surface area contributed by atoms with Gasteiger partial charge in [-0.3, -0.25) is 9.78 Å². The zero-order valence-corrected chi connectivity index (χ0v) is 11.8. The van der Waals surface area contributed by atoms with Crippen LogP contribution in [0.25, 0.3) is 0 Å². The summed E-state index contributed by atoms with van der Waals surface area (Å²) in [5, 5.41) is 15.0. The molecule has 0 aliphatic carbocycles. The average Bonchev–Trinajstić information content (AvgIpc) is 2.46. The van der Waals surface area contributed by atoms with E-state index in [9.17, 15) is 9.59 Å². The fraction of sp³-hybridized carbons (Fsp3) is 0.214. The highest BCUT2D eigenvalue weighted by Crippen LogP contribution is 2.09. The van der Waals surface area contributed by atoms with Crippen LogP contribution in [0, 0.1) is 0 Å². The van der Waals surface area contributed by atoms with E-state index in [0.717, 1.165) is 12.1 Å². The molecule has 0 saturated heterocycles. The van der Waals surface area contributed by atoms with Crippen LogP contribution >= 0.6 is 0 Å². The van der Waals surface area contributed by atoms with Crippen LogP contribution in [0.15, 0.2) is 35.1 Å². The number of hydrogen-bond acceptors (Lipinski definition) is 6. The van der Waals surface area contributed by atoms with Crippen LogP contribution in [0.1, 0.15) is 16.8 Å². The minimum absolute atomic E-state index is 0.0756. The second kappa shape index (κ2) is 7.11. The van der Waals surface area contributed by atoms with Crippen LogP contribution in [0.4, 0.5) is 17.5 Å². The van der Waals surface area contributed by atoms with Crippen molar-refractivity contribution in [1.82, 2.24) is 9.97 Å². The summed E-state index contributed by atoms with van der Waals surface area (Å²) >= 11 is 0. The van der Waals surface area contributed by atoms with E-state index in [1.807, 2.05) is 0 Å². The summed E-state index contributed by atoms with van der Waals surface area (Å²) in [6.45, 7) is 1.31. The van der Waals surface area contributed by atoms with E-state index in [1.54, 1.807) is 24.3 Å². The summed E-state index contributed by atoms with van der Waals surface area (Å²) in [7, 11) is 0. The molecule has 0 aliphatic heterocycles. The molecule has 1 aromatic carbocycles. The monoisotopic (exact) mass is 303 g/mol. The van der Waals surface area contributed by atoms with Gasteiger partial charge in [0.15, 0.2) is 0 Å². The molecule has 116 valence electrons. The predicted molar refractivity (Wildman–Crippen MR) is 84.3 cm³/mol. The van der Waals surface area contributed by atoms with Crippen molar-refractivity contribution in [3.05, 3.63) is 46.2 Å². The summed E-state index contributed by atoms with van der Waals surface area (Å²) in [6.07, 6.45) is 0.787. The number of carboxylic acid groups (broad SMARTS) is 1. The van der Waals surface area contributed by atoms with Crippen LogP contribution in [0.3, 0.4) is 0 Å². The SMILES string of the molecule is Nc1nc(NCCCNc2ccc(C(=O)O)cc2)cc(=O)[nH]1. The molecule has 0 aliphatic rings. The quantitative estimate of drug-likeness (QED) is 0.481. The maximum absolute atomic E-state index is 11.2. The number of nitrogens with one attached hydrogen (secondary N) is 3. The first-order chi connectivity index (χ1) is 10.5. The van der Waals surface area contributed by atoms with Gasteiger partial charge in [0, 0.05) is 24.8 Å². The smallest absolute Gasteiger partial charge is 0.335 e. The Morgan fingerprint density at radius 3 is 2.55 bits per heavy atom. The van der Waals surface area contributed by atoms with Crippen molar-refractivity contribution in [3.63, 3.8) is 0 Å². The first-order valence-corrected chi connectivity index (χ1v) is 6.72. The molecule has 8 nitrogen and oxygen atoms in total. The topological polar surface area (TPSA) is 133 Å². The molecule has 6 N–H and O–H groups in total. The zero-order chi connectivity index (χ0) is 15.9. The highest BCUT2D eigenvalue weighted by atomic mass is 16.4. The Hall–Kier alpha value is -3.03. The van der Waals surface area contributed by atoms with Gasteiger partial charge in [-0.05, 0) is 30.7 Å². The first kappa shape index (κ1) is 15.4. The first-order valence-electron chi connectivity index (χ1n) is 6.72.